The van der Waals surface area contributed by atoms with Crippen molar-refractivity contribution in [1.29, 1.82) is 0 Å². The fourth-order valence-corrected chi connectivity index (χ4v) is 2.04. The summed E-state index contributed by atoms with van der Waals surface area (Å²) in [6.07, 6.45) is 1.74. The molecule has 2 rings (SSSR count). The molecule has 19 heavy (non-hydrogen) atoms. The topological polar surface area (TPSA) is 41.9 Å². The number of hydrogen-bond acceptors (Lipinski definition) is 4. The van der Waals surface area contributed by atoms with E-state index in [0.29, 0.717) is 11.6 Å². The van der Waals surface area contributed by atoms with E-state index in [-0.39, 0.29) is 5.97 Å². The molecular formula is C15H18N2O2. The molecule has 1 aromatic carbocycles. The highest BCUT2D eigenvalue weighted by molar-refractivity contribution is 6.06. The minimum atomic E-state index is -0.384. The zero-order valence-corrected chi connectivity index (χ0v) is 11.5. The largest absolute Gasteiger partial charge is 0.407 e. The molecule has 0 spiro atoms. The van der Waals surface area contributed by atoms with Gasteiger partial charge in [0.1, 0.15) is 0 Å². The molecule has 0 unspecified atom stereocenters. The first-order valence-electron chi connectivity index (χ1n) is 6.48. The molecule has 1 heterocycles. The van der Waals surface area contributed by atoms with Crippen LogP contribution in [0.25, 0.3) is 6.08 Å². The number of rotatable bonds is 4. The van der Waals surface area contributed by atoms with E-state index < -0.39 is 0 Å². The number of carbonyl (C=O) groups is 1. The van der Waals surface area contributed by atoms with Crippen LogP contribution in [0.4, 0.5) is 5.69 Å². The number of ether oxygens (including phenoxy) is 1. The molecule has 1 aromatic rings. The van der Waals surface area contributed by atoms with Crippen molar-refractivity contribution in [1.82, 2.24) is 0 Å². The Balaban J connectivity index is 2.20. The van der Waals surface area contributed by atoms with Crippen LogP contribution in [-0.4, -0.2) is 25.0 Å². The van der Waals surface area contributed by atoms with E-state index in [1.165, 1.54) is 5.69 Å². The predicted molar refractivity (Wildman–Crippen MR) is 77.2 cm³/mol. The van der Waals surface area contributed by atoms with Crippen molar-refractivity contribution in [3.63, 3.8) is 0 Å². The van der Waals surface area contributed by atoms with Gasteiger partial charge in [-0.2, -0.15) is 0 Å². The van der Waals surface area contributed by atoms with Crippen LogP contribution in [0.15, 0.2) is 35.0 Å². The highest BCUT2D eigenvalue weighted by Gasteiger charge is 2.19. The lowest BCUT2D eigenvalue weighted by atomic mass is 10.1. The Morgan fingerprint density at radius 1 is 1.21 bits per heavy atom. The predicted octanol–water partition coefficient (Wildman–Crippen LogP) is 2.85. The molecule has 4 nitrogen and oxygen atoms in total. The number of carbonyl (C=O) groups excluding carboxylic acids is 1. The van der Waals surface area contributed by atoms with Gasteiger partial charge in [0, 0.05) is 25.7 Å². The van der Waals surface area contributed by atoms with E-state index in [1.54, 1.807) is 13.0 Å². The molecule has 100 valence electrons. The first-order chi connectivity index (χ1) is 9.13. The number of aliphatic imine (C=N–C) groups is 1. The highest BCUT2D eigenvalue weighted by Crippen LogP contribution is 2.19. The molecule has 0 amide bonds. The first-order valence-corrected chi connectivity index (χ1v) is 6.48. The zero-order chi connectivity index (χ0) is 13.8. The van der Waals surface area contributed by atoms with E-state index in [1.807, 2.05) is 12.1 Å². The maximum atomic E-state index is 11.4. The third-order valence-electron chi connectivity index (χ3n) is 3.05. The Morgan fingerprint density at radius 3 is 2.32 bits per heavy atom. The lowest BCUT2D eigenvalue weighted by molar-refractivity contribution is -0.130. The van der Waals surface area contributed by atoms with Gasteiger partial charge in [-0.1, -0.05) is 12.1 Å². The quantitative estimate of drug-likeness (QED) is 0.616. The van der Waals surface area contributed by atoms with Crippen LogP contribution in [-0.2, 0) is 9.53 Å². The highest BCUT2D eigenvalue weighted by atomic mass is 16.6. The average molecular weight is 258 g/mol. The Labute approximate surface area is 113 Å². The smallest absolute Gasteiger partial charge is 0.363 e. The van der Waals surface area contributed by atoms with E-state index in [9.17, 15) is 4.79 Å². The molecule has 0 radical (unpaired) electrons. The van der Waals surface area contributed by atoms with E-state index in [0.717, 1.165) is 18.7 Å². The zero-order valence-electron chi connectivity index (χ0n) is 11.5. The summed E-state index contributed by atoms with van der Waals surface area (Å²) >= 11 is 0. The maximum Gasteiger partial charge on any atom is 0.363 e. The second-order valence-electron chi connectivity index (χ2n) is 4.31. The van der Waals surface area contributed by atoms with Gasteiger partial charge in [-0.3, -0.25) is 0 Å². The van der Waals surface area contributed by atoms with Gasteiger partial charge in [0.2, 0.25) is 0 Å². The summed E-state index contributed by atoms with van der Waals surface area (Å²) < 4.78 is 4.88. The monoisotopic (exact) mass is 258 g/mol. The Hall–Kier alpha value is -2.10. The molecule has 0 aromatic heterocycles. The van der Waals surface area contributed by atoms with Crippen molar-refractivity contribution >= 4 is 23.6 Å². The number of benzene rings is 1. The number of hydrogen-bond donors (Lipinski definition) is 0. The Bertz CT molecular complexity index is 526. The fourth-order valence-electron chi connectivity index (χ4n) is 2.04. The summed E-state index contributed by atoms with van der Waals surface area (Å²) in [4.78, 5) is 17.8. The van der Waals surface area contributed by atoms with E-state index in [2.05, 4.69) is 35.9 Å². The Morgan fingerprint density at radius 2 is 1.84 bits per heavy atom. The van der Waals surface area contributed by atoms with Crippen LogP contribution in [0, 0.1) is 0 Å². The third-order valence-corrected chi connectivity index (χ3v) is 3.05. The van der Waals surface area contributed by atoms with Gasteiger partial charge in [-0.15, -0.1) is 0 Å². The fraction of sp³-hybridized carbons (Fsp3) is 0.333. The number of cyclic esters (lactones) is 1. The van der Waals surface area contributed by atoms with Gasteiger partial charge in [0.15, 0.2) is 11.6 Å². The maximum absolute atomic E-state index is 11.4. The summed E-state index contributed by atoms with van der Waals surface area (Å²) in [6, 6.07) is 8.07. The minimum Gasteiger partial charge on any atom is -0.407 e. The summed E-state index contributed by atoms with van der Waals surface area (Å²) in [5.41, 5.74) is 2.48. The van der Waals surface area contributed by atoms with Crippen molar-refractivity contribution in [2.24, 2.45) is 4.99 Å². The van der Waals surface area contributed by atoms with Crippen LogP contribution < -0.4 is 4.90 Å². The van der Waals surface area contributed by atoms with Crippen LogP contribution in [0.1, 0.15) is 26.3 Å². The van der Waals surface area contributed by atoms with Crippen LogP contribution in [0.3, 0.4) is 0 Å². The summed E-state index contributed by atoms with van der Waals surface area (Å²) in [7, 11) is 0. The van der Waals surface area contributed by atoms with Gasteiger partial charge in [-0.05, 0) is 37.6 Å². The van der Waals surface area contributed by atoms with Crippen molar-refractivity contribution in [2.75, 3.05) is 18.0 Å². The Kier molecular flexibility index (Phi) is 4.00. The number of esters is 1. The van der Waals surface area contributed by atoms with Gasteiger partial charge < -0.3 is 9.64 Å². The molecule has 0 saturated heterocycles. The lowest BCUT2D eigenvalue weighted by Gasteiger charge is -2.20. The molecule has 0 atom stereocenters. The van der Waals surface area contributed by atoms with Crippen LogP contribution in [0.2, 0.25) is 0 Å². The summed E-state index contributed by atoms with van der Waals surface area (Å²) in [6.45, 7) is 7.89. The molecule has 0 saturated carbocycles. The minimum absolute atomic E-state index is 0.355. The molecule has 0 bridgehead atoms. The molecule has 4 heteroatoms. The SMILES string of the molecule is CCN(CC)c1ccc(/C=C2\N=C(C)OC2=O)cc1. The van der Waals surface area contributed by atoms with Crippen molar-refractivity contribution < 1.29 is 9.53 Å². The van der Waals surface area contributed by atoms with Gasteiger partial charge in [0.05, 0.1) is 0 Å². The molecule has 0 N–H and O–H groups in total. The lowest BCUT2D eigenvalue weighted by Crippen LogP contribution is -2.21. The van der Waals surface area contributed by atoms with Crippen LogP contribution in [0.5, 0.6) is 0 Å². The third kappa shape index (κ3) is 3.02. The van der Waals surface area contributed by atoms with E-state index in [4.69, 9.17) is 4.74 Å². The number of nitrogens with zero attached hydrogens (tertiary/aromatic N) is 2. The molecule has 0 fully saturated rings. The normalized spacial score (nSPS) is 16.5. The molecule has 1 aliphatic rings. The standard InChI is InChI=1S/C15H18N2O2/c1-4-17(5-2)13-8-6-12(7-9-13)10-14-15(18)19-11(3)16-14/h6-10H,4-5H2,1-3H3/b14-10-. The first kappa shape index (κ1) is 13.3. The van der Waals surface area contributed by atoms with Crippen molar-refractivity contribution in [3.8, 4) is 0 Å². The van der Waals surface area contributed by atoms with Crippen LogP contribution >= 0.6 is 0 Å². The number of anilines is 1. The van der Waals surface area contributed by atoms with Gasteiger partial charge >= 0.3 is 5.97 Å². The van der Waals surface area contributed by atoms with Crippen molar-refractivity contribution in [3.05, 3.63) is 35.5 Å². The second-order valence-corrected chi connectivity index (χ2v) is 4.31. The van der Waals surface area contributed by atoms with Gasteiger partial charge in [-0.25, -0.2) is 9.79 Å². The van der Waals surface area contributed by atoms with Crippen molar-refractivity contribution in [2.45, 2.75) is 20.8 Å². The molecule has 0 aliphatic carbocycles. The molecular weight excluding hydrogens is 240 g/mol. The van der Waals surface area contributed by atoms with E-state index >= 15 is 0 Å². The summed E-state index contributed by atoms with van der Waals surface area (Å²) in [5, 5.41) is 0. The van der Waals surface area contributed by atoms with Gasteiger partial charge in [0.25, 0.3) is 0 Å². The summed E-state index contributed by atoms with van der Waals surface area (Å²) in [5.74, 6) is 0.0151. The second kappa shape index (κ2) is 5.69. The average Bonchev–Trinajstić information content (AvgIpc) is 2.71. The molecule has 1 aliphatic heterocycles.